The van der Waals surface area contributed by atoms with Crippen LogP contribution in [0.3, 0.4) is 0 Å². The van der Waals surface area contributed by atoms with E-state index < -0.39 is 0 Å². The van der Waals surface area contributed by atoms with E-state index >= 15 is 0 Å². The van der Waals surface area contributed by atoms with E-state index in [1.54, 1.807) is 11.9 Å². The van der Waals surface area contributed by atoms with E-state index in [1.807, 2.05) is 18.2 Å². The van der Waals surface area contributed by atoms with E-state index in [1.165, 1.54) is 5.56 Å². The molecular weight excluding hydrogens is 254 g/mol. The van der Waals surface area contributed by atoms with Gasteiger partial charge >= 0.3 is 0 Å². The van der Waals surface area contributed by atoms with E-state index in [-0.39, 0.29) is 11.8 Å². The first-order valence-corrected chi connectivity index (χ1v) is 6.81. The third kappa shape index (κ3) is 3.91. The highest BCUT2D eigenvalue weighted by Crippen LogP contribution is 2.06. The number of nitrogens with one attached hydrogen (secondary N) is 1. The summed E-state index contributed by atoms with van der Waals surface area (Å²) in [6.07, 6.45) is 2.61. The molecule has 0 spiro atoms. The van der Waals surface area contributed by atoms with Crippen molar-refractivity contribution < 1.29 is 9.59 Å². The Balaban J connectivity index is 1.78. The lowest BCUT2D eigenvalue weighted by Gasteiger charge is -2.19. The van der Waals surface area contributed by atoms with Crippen LogP contribution >= 0.6 is 0 Å². The molecule has 0 bridgehead atoms. The first kappa shape index (κ1) is 14.2. The van der Waals surface area contributed by atoms with Crippen LogP contribution in [0.5, 0.6) is 0 Å². The van der Waals surface area contributed by atoms with Crippen molar-refractivity contribution in [1.82, 2.24) is 10.3 Å². The molecule has 20 heavy (non-hydrogen) atoms. The van der Waals surface area contributed by atoms with Gasteiger partial charge in [-0.05, 0) is 18.4 Å². The fraction of sp³-hybridized carbons (Fsp3) is 0.400. The second-order valence-corrected chi connectivity index (χ2v) is 4.91. The van der Waals surface area contributed by atoms with Crippen molar-refractivity contribution in [1.29, 1.82) is 0 Å². The summed E-state index contributed by atoms with van der Waals surface area (Å²) in [4.78, 5) is 24.7. The summed E-state index contributed by atoms with van der Waals surface area (Å²) >= 11 is 0. The van der Waals surface area contributed by atoms with Crippen LogP contribution in [0, 0.1) is 0 Å². The van der Waals surface area contributed by atoms with Gasteiger partial charge in [-0.1, -0.05) is 30.3 Å². The predicted octanol–water partition coefficient (Wildman–Crippen LogP) is 1.34. The molecule has 1 aromatic rings. The van der Waals surface area contributed by atoms with Gasteiger partial charge in [-0.25, -0.2) is 5.43 Å². The Bertz CT molecular complexity index is 511. The van der Waals surface area contributed by atoms with Crippen molar-refractivity contribution >= 4 is 17.5 Å². The number of aryl methyl sites for hydroxylation is 1. The van der Waals surface area contributed by atoms with Gasteiger partial charge in [0.2, 0.25) is 5.91 Å². The lowest BCUT2D eigenvalue weighted by molar-refractivity contribution is -0.123. The standard InChI is InChI=1S/C15H19N3O2/c1-18(11-5-8-12-6-3-2-4-7-12)15(20)13-9-10-14(19)17-16-13/h2-4,6-7H,5,8-11H2,1H3,(H,17,19). The number of hydrogen-bond donors (Lipinski definition) is 1. The Labute approximate surface area is 118 Å². The zero-order chi connectivity index (χ0) is 14.4. The van der Waals surface area contributed by atoms with Crippen molar-refractivity contribution in [3.8, 4) is 0 Å². The monoisotopic (exact) mass is 273 g/mol. The fourth-order valence-corrected chi connectivity index (χ4v) is 2.12. The Morgan fingerprint density at radius 3 is 2.70 bits per heavy atom. The van der Waals surface area contributed by atoms with Crippen LogP contribution in [-0.2, 0) is 16.0 Å². The molecule has 2 rings (SSSR count). The van der Waals surface area contributed by atoms with Crippen LogP contribution in [-0.4, -0.2) is 36.0 Å². The molecule has 0 saturated carbocycles. The van der Waals surface area contributed by atoms with Crippen molar-refractivity contribution in [3.63, 3.8) is 0 Å². The fourth-order valence-electron chi connectivity index (χ4n) is 2.12. The number of carbonyl (C=O) groups excluding carboxylic acids is 2. The highest BCUT2D eigenvalue weighted by molar-refractivity contribution is 6.39. The maximum atomic E-state index is 12.1. The number of rotatable bonds is 5. The number of benzene rings is 1. The minimum absolute atomic E-state index is 0.0990. The van der Waals surface area contributed by atoms with Crippen molar-refractivity contribution in [3.05, 3.63) is 35.9 Å². The summed E-state index contributed by atoms with van der Waals surface area (Å²) in [6.45, 7) is 0.681. The molecule has 1 aromatic carbocycles. The molecule has 0 saturated heterocycles. The number of nitrogens with zero attached hydrogens (tertiary/aromatic N) is 2. The molecule has 1 aliphatic heterocycles. The van der Waals surface area contributed by atoms with Crippen LogP contribution < -0.4 is 5.43 Å². The summed E-state index contributed by atoms with van der Waals surface area (Å²) in [5.41, 5.74) is 4.06. The second-order valence-electron chi connectivity index (χ2n) is 4.91. The number of carbonyl (C=O) groups is 2. The molecule has 2 amide bonds. The second kappa shape index (κ2) is 6.84. The zero-order valence-corrected chi connectivity index (χ0v) is 11.6. The minimum atomic E-state index is -0.131. The Morgan fingerprint density at radius 2 is 2.05 bits per heavy atom. The Kier molecular flexibility index (Phi) is 4.87. The molecule has 5 nitrogen and oxygen atoms in total. The lowest BCUT2D eigenvalue weighted by atomic mass is 10.1. The van der Waals surface area contributed by atoms with Crippen molar-refractivity contribution in [2.45, 2.75) is 25.7 Å². The smallest absolute Gasteiger partial charge is 0.269 e. The van der Waals surface area contributed by atoms with Crippen molar-refractivity contribution in [2.75, 3.05) is 13.6 Å². The topological polar surface area (TPSA) is 61.8 Å². The molecule has 1 aliphatic rings. The van der Waals surface area contributed by atoms with Gasteiger partial charge in [0.1, 0.15) is 5.71 Å². The molecule has 0 aliphatic carbocycles. The molecule has 0 atom stereocenters. The van der Waals surface area contributed by atoms with Gasteiger partial charge in [0.25, 0.3) is 5.91 Å². The van der Waals surface area contributed by atoms with Gasteiger partial charge in [-0.3, -0.25) is 9.59 Å². The molecule has 0 aromatic heterocycles. The van der Waals surface area contributed by atoms with E-state index in [4.69, 9.17) is 0 Å². The molecule has 0 unspecified atom stereocenters. The summed E-state index contributed by atoms with van der Waals surface area (Å²) in [5.74, 6) is -0.230. The summed E-state index contributed by atoms with van der Waals surface area (Å²) < 4.78 is 0. The zero-order valence-electron chi connectivity index (χ0n) is 11.6. The van der Waals surface area contributed by atoms with E-state index in [2.05, 4.69) is 22.7 Å². The van der Waals surface area contributed by atoms with Crippen LogP contribution in [0.15, 0.2) is 35.4 Å². The maximum absolute atomic E-state index is 12.1. The SMILES string of the molecule is CN(CCCc1ccccc1)C(=O)C1=NNC(=O)CC1. The molecule has 1 N–H and O–H groups in total. The highest BCUT2D eigenvalue weighted by Gasteiger charge is 2.20. The van der Waals surface area contributed by atoms with Gasteiger partial charge in [0.05, 0.1) is 0 Å². The van der Waals surface area contributed by atoms with Gasteiger partial charge in [-0.15, -0.1) is 0 Å². The quantitative estimate of drug-likeness (QED) is 0.880. The van der Waals surface area contributed by atoms with E-state index in [0.29, 0.717) is 25.1 Å². The summed E-state index contributed by atoms with van der Waals surface area (Å²) in [7, 11) is 1.77. The summed E-state index contributed by atoms with van der Waals surface area (Å²) in [5, 5.41) is 3.82. The molecule has 106 valence electrons. The molecule has 1 heterocycles. The molecule has 0 fully saturated rings. The minimum Gasteiger partial charge on any atom is -0.341 e. The molecule has 0 radical (unpaired) electrons. The number of hydrazone groups is 1. The van der Waals surface area contributed by atoms with Gasteiger partial charge < -0.3 is 4.90 Å². The van der Waals surface area contributed by atoms with E-state index in [0.717, 1.165) is 12.8 Å². The summed E-state index contributed by atoms with van der Waals surface area (Å²) in [6, 6.07) is 10.2. The van der Waals surface area contributed by atoms with Crippen LogP contribution in [0.2, 0.25) is 0 Å². The average Bonchev–Trinajstić information content (AvgIpc) is 2.48. The van der Waals surface area contributed by atoms with E-state index in [9.17, 15) is 9.59 Å². The Hall–Kier alpha value is -2.17. The number of amides is 2. The normalized spacial score (nSPS) is 14.4. The average molecular weight is 273 g/mol. The third-order valence-electron chi connectivity index (χ3n) is 3.30. The van der Waals surface area contributed by atoms with Crippen molar-refractivity contribution in [2.24, 2.45) is 5.10 Å². The van der Waals surface area contributed by atoms with Gasteiger partial charge in [0.15, 0.2) is 0 Å². The lowest BCUT2D eigenvalue weighted by Crippen LogP contribution is -2.38. The maximum Gasteiger partial charge on any atom is 0.269 e. The molecule has 5 heteroatoms. The Morgan fingerprint density at radius 1 is 1.30 bits per heavy atom. The predicted molar refractivity (Wildman–Crippen MR) is 77.2 cm³/mol. The van der Waals surface area contributed by atoms with Crippen LogP contribution in [0.1, 0.15) is 24.8 Å². The first-order valence-electron chi connectivity index (χ1n) is 6.81. The first-order chi connectivity index (χ1) is 9.66. The molecular formula is C15H19N3O2. The van der Waals surface area contributed by atoms with Crippen LogP contribution in [0.4, 0.5) is 0 Å². The van der Waals surface area contributed by atoms with Gasteiger partial charge in [-0.2, -0.15) is 5.10 Å². The largest absolute Gasteiger partial charge is 0.341 e. The van der Waals surface area contributed by atoms with Crippen LogP contribution in [0.25, 0.3) is 0 Å². The number of hydrogen-bond acceptors (Lipinski definition) is 3. The van der Waals surface area contributed by atoms with Gasteiger partial charge in [0, 0.05) is 26.4 Å². The highest BCUT2D eigenvalue weighted by atomic mass is 16.2. The third-order valence-corrected chi connectivity index (χ3v) is 3.30.